The Balaban J connectivity index is 1.73. The lowest BCUT2D eigenvalue weighted by Gasteiger charge is -2.11. The minimum Gasteiger partial charge on any atom is -0.490 e. The summed E-state index contributed by atoms with van der Waals surface area (Å²) < 4.78 is 15.7. The molecule has 0 aliphatic heterocycles. The van der Waals surface area contributed by atoms with Crippen LogP contribution in [0.25, 0.3) is 0 Å². The lowest BCUT2D eigenvalue weighted by atomic mass is 10.2. The number of halogens is 2. The van der Waals surface area contributed by atoms with Gasteiger partial charge in [-0.1, -0.05) is 41.4 Å². The number of carbonyl (C=O) groups excluding carboxylic acids is 2. The van der Waals surface area contributed by atoms with Crippen LogP contribution >= 0.6 is 23.2 Å². The Morgan fingerprint density at radius 3 is 2.37 bits per heavy atom. The van der Waals surface area contributed by atoms with Crippen LogP contribution in [0.3, 0.4) is 0 Å². The van der Waals surface area contributed by atoms with Crippen LogP contribution in [-0.4, -0.2) is 31.7 Å². The van der Waals surface area contributed by atoms with E-state index in [1.165, 1.54) is 0 Å². The number of hydrogen-bond donors (Lipinski definition) is 1. The van der Waals surface area contributed by atoms with Crippen molar-refractivity contribution in [3.8, 4) is 11.5 Å². The molecule has 27 heavy (non-hydrogen) atoms. The van der Waals surface area contributed by atoms with Crippen molar-refractivity contribution in [2.75, 3.05) is 19.8 Å². The first-order valence-electron chi connectivity index (χ1n) is 8.20. The fraction of sp³-hybridized carbons (Fsp3) is 0.263. The number of rotatable bonds is 9. The molecular weight excluding hydrogens is 393 g/mol. The number of para-hydroxylation sites is 2. The molecule has 2 aromatic carbocycles. The number of amides is 1. The van der Waals surface area contributed by atoms with Crippen LogP contribution in [0.1, 0.15) is 12.5 Å². The van der Waals surface area contributed by atoms with E-state index in [0.717, 1.165) is 0 Å². The average molecular weight is 412 g/mol. The first-order chi connectivity index (χ1) is 13.0. The summed E-state index contributed by atoms with van der Waals surface area (Å²) in [6.45, 7) is 1.77. The molecule has 0 saturated heterocycles. The SMILES string of the molecule is CCOc1ccccc1OCC(=O)OCC(=O)NCc1ccc(Cl)cc1Cl. The van der Waals surface area contributed by atoms with Gasteiger partial charge < -0.3 is 19.5 Å². The van der Waals surface area contributed by atoms with Crippen molar-refractivity contribution < 1.29 is 23.8 Å². The van der Waals surface area contributed by atoms with E-state index in [2.05, 4.69) is 5.32 Å². The van der Waals surface area contributed by atoms with Crippen molar-refractivity contribution >= 4 is 35.1 Å². The molecule has 2 rings (SSSR count). The normalized spacial score (nSPS) is 10.2. The molecule has 0 aromatic heterocycles. The van der Waals surface area contributed by atoms with E-state index in [0.29, 0.717) is 33.7 Å². The Bertz CT molecular complexity index is 797. The molecule has 0 unspecified atom stereocenters. The largest absolute Gasteiger partial charge is 0.490 e. The van der Waals surface area contributed by atoms with Crippen LogP contribution in [0.4, 0.5) is 0 Å². The zero-order valence-corrected chi connectivity index (χ0v) is 16.2. The van der Waals surface area contributed by atoms with Gasteiger partial charge in [0, 0.05) is 16.6 Å². The summed E-state index contributed by atoms with van der Waals surface area (Å²) in [5, 5.41) is 3.56. The van der Waals surface area contributed by atoms with E-state index >= 15 is 0 Å². The highest BCUT2D eigenvalue weighted by Gasteiger charge is 2.11. The molecule has 1 N–H and O–H groups in total. The molecule has 8 heteroatoms. The number of nitrogens with one attached hydrogen (secondary N) is 1. The summed E-state index contributed by atoms with van der Waals surface area (Å²) in [7, 11) is 0. The molecule has 144 valence electrons. The second-order valence-electron chi connectivity index (χ2n) is 5.34. The van der Waals surface area contributed by atoms with Gasteiger partial charge in [0.25, 0.3) is 5.91 Å². The lowest BCUT2D eigenvalue weighted by molar-refractivity contribution is -0.150. The van der Waals surface area contributed by atoms with Crippen molar-refractivity contribution in [2.24, 2.45) is 0 Å². The van der Waals surface area contributed by atoms with Crippen molar-refractivity contribution in [3.63, 3.8) is 0 Å². The summed E-state index contributed by atoms with van der Waals surface area (Å²) in [5.74, 6) is -0.159. The van der Waals surface area contributed by atoms with Crippen LogP contribution in [0, 0.1) is 0 Å². The van der Waals surface area contributed by atoms with Crippen LogP contribution < -0.4 is 14.8 Å². The summed E-state index contributed by atoms with van der Waals surface area (Å²) in [6, 6.07) is 11.9. The lowest BCUT2D eigenvalue weighted by Crippen LogP contribution is -2.29. The summed E-state index contributed by atoms with van der Waals surface area (Å²) in [5.41, 5.74) is 0.705. The van der Waals surface area contributed by atoms with Crippen LogP contribution in [0.2, 0.25) is 10.0 Å². The van der Waals surface area contributed by atoms with Crippen molar-refractivity contribution in [2.45, 2.75) is 13.5 Å². The molecular formula is C19H19Cl2NO5. The third kappa shape index (κ3) is 7.00. The number of carbonyl (C=O) groups is 2. The highest BCUT2D eigenvalue weighted by atomic mass is 35.5. The van der Waals surface area contributed by atoms with E-state index in [4.69, 9.17) is 37.4 Å². The predicted octanol–water partition coefficient (Wildman–Crippen LogP) is 3.63. The first kappa shape index (κ1) is 20.9. The van der Waals surface area contributed by atoms with Gasteiger partial charge in [-0.25, -0.2) is 4.79 Å². The Morgan fingerprint density at radius 1 is 1.00 bits per heavy atom. The molecule has 0 saturated carbocycles. The maximum atomic E-state index is 11.8. The topological polar surface area (TPSA) is 73.9 Å². The molecule has 0 atom stereocenters. The van der Waals surface area contributed by atoms with Crippen LogP contribution in [0.5, 0.6) is 11.5 Å². The van der Waals surface area contributed by atoms with E-state index in [1.54, 1.807) is 42.5 Å². The number of esters is 1. The van der Waals surface area contributed by atoms with Gasteiger partial charge in [0.15, 0.2) is 24.7 Å². The molecule has 0 bridgehead atoms. The molecule has 0 aliphatic rings. The Labute approximate surface area is 167 Å². The van der Waals surface area contributed by atoms with Gasteiger partial charge in [-0.2, -0.15) is 0 Å². The average Bonchev–Trinajstić information content (AvgIpc) is 2.65. The second-order valence-corrected chi connectivity index (χ2v) is 6.19. The molecule has 6 nitrogen and oxygen atoms in total. The maximum absolute atomic E-state index is 11.8. The summed E-state index contributed by atoms with van der Waals surface area (Å²) in [4.78, 5) is 23.5. The zero-order valence-electron chi connectivity index (χ0n) is 14.7. The Morgan fingerprint density at radius 2 is 1.70 bits per heavy atom. The molecule has 0 spiro atoms. The fourth-order valence-electron chi connectivity index (χ4n) is 2.08. The summed E-state index contributed by atoms with van der Waals surface area (Å²) in [6.07, 6.45) is 0. The van der Waals surface area contributed by atoms with Gasteiger partial charge in [-0.3, -0.25) is 4.79 Å². The van der Waals surface area contributed by atoms with E-state index in [1.807, 2.05) is 6.92 Å². The highest BCUT2D eigenvalue weighted by Crippen LogP contribution is 2.26. The standard InChI is InChI=1S/C19H19Cl2NO5/c1-2-25-16-5-3-4-6-17(16)26-12-19(24)27-11-18(23)22-10-13-7-8-14(20)9-15(13)21/h3-9H,2,10-12H2,1H3,(H,22,23). The fourth-order valence-corrected chi connectivity index (χ4v) is 2.55. The van der Waals surface area contributed by atoms with Crippen molar-refractivity contribution in [1.29, 1.82) is 0 Å². The first-order valence-corrected chi connectivity index (χ1v) is 8.96. The summed E-state index contributed by atoms with van der Waals surface area (Å²) >= 11 is 11.8. The highest BCUT2D eigenvalue weighted by molar-refractivity contribution is 6.35. The van der Waals surface area contributed by atoms with E-state index in [-0.39, 0.29) is 13.2 Å². The van der Waals surface area contributed by atoms with Gasteiger partial charge in [-0.15, -0.1) is 0 Å². The van der Waals surface area contributed by atoms with Crippen LogP contribution in [0.15, 0.2) is 42.5 Å². The third-order valence-electron chi connectivity index (χ3n) is 3.35. The number of ether oxygens (including phenoxy) is 3. The molecule has 0 aliphatic carbocycles. The van der Waals surface area contributed by atoms with Crippen molar-refractivity contribution in [3.05, 3.63) is 58.1 Å². The van der Waals surface area contributed by atoms with Crippen LogP contribution in [-0.2, 0) is 20.9 Å². The minimum absolute atomic E-state index is 0.199. The van der Waals surface area contributed by atoms with Crippen molar-refractivity contribution in [1.82, 2.24) is 5.32 Å². The van der Waals surface area contributed by atoms with Gasteiger partial charge in [-0.05, 0) is 36.8 Å². The minimum atomic E-state index is -0.666. The second kappa shape index (κ2) is 10.6. The molecule has 1 amide bonds. The van der Waals surface area contributed by atoms with Gasteiger partial charge in [0.05, 0.1) is 6.61 Å². The Kier molecular flexibility index (Phi) is 8.23. The predicted molar refractivity (Wildman–Crippen MR) is 102 cm³/mol. The van der Waals surface area contributed by atoms with E-state index < -0.39 is 18.5 Å². The van der Waals surface area contributed by atoms with Gasteiger partial charge in [0.1, 0.15) is 0 Å². The smallest absolute Gasteiger partial charge is 0.344 e. The molecule has 2 aromatic rings. The molecule has 0 radical (unpaired) electrons. The van der Waals surface area contributed by atoms with E-state index in [9.17, 15) is 9.59 Å². The maximum Gasteiger partial charge on any atom is 0.344 e. The number of hydrogen-bond acceptors (Lipinski definition) is 5. The molecule has 0 heterocycles. The van der Waals surface area contributed by atoms with Gasteiger partial charge >= 0.3 is 5.97 Å². The Hall–Kier alpha value is -2.44. The van der Waals surface area contributed by atoms with Gasteiger partial charge in [0.2, 0.25) is 0 Å². The quantitative estimate of drug-likeness (QED) is 0.637. The zero-order chi connectivity index (χ0) is 19.6. The third-order valence-corrected chi connectivity index (χ3v) is 3.94. The monoisotopic (exact) mass is 411 g/mol. The number of benzene rings is 2. The molecule has 0 fully saturated rings.